The standard InChI is InChI=1S/C33H49ClN6O6/c1-22(2)20-38(31(42)28-26(12-7-8-15-45-6)40(36-35-28)25-11-9-10-24(34)19-25)27-18-23(30(41)37-13-16-46-17-14-37)21-39(32(43)44)29(27)33(3,4)5/h9-11,19,22-23,27,29H,7-8,12-18,20-21H2,1-6H3,(H,43,44)/t23-,27+,29?/m1/s1. The normalized spacial score (nSPS) is 20.7. The number of carbonyl (C=O) groups excluding carboxylic acids is 2. The van der Waals surface area contributed by atoms with Gasteiger partial charge >= 0.3 is 6.09 Å². The molecule has 0 bridgehead atoms. The van der Waals surface area contributed by atoms with Crippen molar-refractivity contribution in [2.24, 2.45) is 17.3 Å². The van der Waals surface area contributed by atoms with Crippen LogP contribution in [0.3, 0.4) is 0 Å². The molecule has 1 N–H and O–H groups in total. The molecule has 3 amide bonds. The molecule has 2 aromatic rings. The fourth-order valence-electron chi connectivity index (χ4n) is 6.76. The van der Waals surface area contributed by atoms with Gasteiger partial charge in [0.05, 0.1) is 42.6 Å². The topological polar surface area (TPSA) is 130 Å². The molecule has 2 aliphatic heterocycles. The van der Waals surface area contributed by atoms with E-state index in [9.17, 15) is 19.5 Å². The lowest BCUT2D eigenvalue weighted by Crippen LogP contribution is -2.66. The highest BCUT2D eigenvalue weighted by atomic mass is 35.5. The average Bonchev–Trinajstić information content (AvgIpc) is 3.44. The number of carbonyl (C=O) groups is 3. The Balaban J connectivity index is 1.79. The molecular formula is C33H49ClN6O6. The monoisotopic (exact) mass is 660 g/mol. The van der Waals surface area contributed by atoms with Crippen molar-refractivity contribution in [2.45, 2.75) is 72.4 Å². The van der Waals surface area contributed by atoms with Gasteiger partial charge in [-0.15, -0.1) is 5.10 Å². The minimum atomic E-state index is -1.10. The minimum absolute atomic E-state index is 0.0614. The molecule has 1 unspecified atom stereocenters. The van der Waals surface area contributed by atoms with E-state index in [1.54, 1.807) is 33.7 Å². The van der Waals surface area contributed by atoms with E-state index >= 15 is 0 Å². The van der Waals surface area contributed by atoms with Gasteiger partial charge in [-0.25, -0.2) is 9.48 Å². The van der Waals surface area contributed by atoms with Crippen molar-refractivity contribution in [3.8, 4) is 5.69 Å². The van der Waals surface area contributed by atoms with Crippen LogP contribution in [0, 0.1) is 17.3 Å². The number of morpholine rings is 1. The summed E-state index contributed by atoms with van der Waals surface area (Å²) in [7, 11) is 1.66. The molecule has 2 saturated heterocycles. The van der Waals surface area contributed by atoms with Crippen molar-refractivity contribution in [1.82, 2.24) is 29.7 Å². The van der Waals surface area contributed by atoms with Gasteiger partial charge in [0.15, 0.2) is 5.69 Å². The van der Waals surface area contributed by atoms with Crippen LogP contribution in [0.1, 0.15) is 70.1 Å². The number of methoxy groups -OCH3 is 1. The summed E-state index contributed by atoms with van der Waals surface area (Å²) in [5, 5.41) is 19.9. The van der Waals surface area contributed by atoms with Crippen LogP contribution in [-0.2, 0) is 20.7 Å². The number of rotatable bonds is 11. The summed E-state index contributed by atoms with van der Waals surface area (Å²) >= 11 is 6.32. The zero-order chi connectivity index (χ0) is 33.6. The smallest absolute Gasteiger partial charge is 0.407 e. The summed E-state index contributed by atoms with van der Waals surface area (Å²) < 4.78 is 12.4. The molecule has 1 aromatic heterocycles. The number of nitrogens with zero attached hydrogens (tertiary/aromatic N) is 6. The first-order chi connectivity index (χ1) is 21.8. The summed E-state index contributed by atoms with van der Waals surface area (Å²) in [4.78, 5) is 46.4. The fraction of sp³-hybridized carbons (Fsp3) is 0.667. The molecule has 13 heteroatoms. The molecule has 254 valence electrons. The molecule has 3 atom stereocenters. The first-order valence-electron chi connectivity index (χ1n) is 16.2. The van der Waals surface area contributed by atoms with E-state index in [1.165, 1.54) is 4.90 Å². The Morgan fingerprint density at radius 1 is 1.17 bits per heavy atom. The van der Waals surface area contributed by atoms with Crippen molar-refractivity contribution in [1.29, 1.82) is 0 Å². The maximum Gasteiger partial charge on any atom is 0.407 e. The SMILES string of the molecule is COCCCCc1c(C(=O)N(CC(C)C)[C@H]2C[C@@H](C(=O)N3CCOCC3)CN(C(=O)O)C2C(C)(C)C)nnn1-c1cccc(Cl)c1. The molecule has 0 saturated carbocycles. The third kappa shape index (κ3) is 8.38. The highest BCUT2D eigenvalue weighted by Gasteiger charge is 2.50. The molecule has 1 aromatic carbocycles. The van der Waals surface area contributed by atoms with Crippen LogP contribution >= 0.6 is 11.6 Å². The van der Waals surface area contributed by atoms with E-state index in [0.717, 1.165) is 12.8 Å². The number of unbranched alkanes of at least 4 members (excludes halogenated alkanes) is 1. The molecule has 0 spiro atoms. The van der Waals surface area contributed by atoms with Gasteiger partial charge in [0, 0.05) is 44.9 Å². The second-order valence-electron chi connectivity index (χ2n) is 13.8. The van der Waals surface area contributed by atoms with E-state index in [1.807, 2.05) is 46.8 Å². The number of ether oxygens (including phenoxy) is 2. The second-order valence-corrected chi connectivity index (χ2v) is 14.2. The van der Waals surface area contributed by atoms with Gasteiger partial charge in [0.1, 0.15) is 0 Å². The summed E-state index contributed by atoms with van der Waals surface area (Å²) in [6.45, 7) is 12.8. The van der Waals surface area contributed by atoms with Crippen LogP contribution in [-0.4, -0.2) is 118 Å². The lowest BCUT2D eigenvalue weighted by Gasteiger charge is -2.52. The van der Waals surface area contributed by atoms with Crippen molar-refractivity contribution in [3.05, 3.63) is 40.7 Å². The quantitative estimate of drug-likeness (QED) is 0.346. The minimum Gasteiger partial charge on any atom is -0.465 e. The summed E-state index contributed by atoms with van der Waals surface area (Å²) in [6, 6.07) is 6.10. The van der Waals surface area contributed by atoms with Gasteiger partial charge in [0.2, 0.25) is 5.91 Å². The van der Waals surface area contributed by atoms with Gasteiger partial charge in [-0.05, 0) is 55.2 Å². The molecule has 0 radical (unpaired) electrons. The lowest BCUT2D eigenvalue weighted by atomic mass is 9.74. The highest BCUT2D eigenvalue weighted by Crippen LogP contribution is 2.38. The predicted molar refractivity (Wildman–Crippen MR) is 174 cm³/mol. The number of amides is 3. The summed E-state index contributed by atoms with van der Waals surface area (Å²) in [5.41, 5.74) is 1.02. The zero-order valence-electron chi connectivity index (χ0n) is 27.9. The molecule has 2 fully saturated rings. The Morgan fingerprint density at radius 2 is 1.89 bits per heavy atom. The molecular weight excluding hydrogens is 612 g/mol. The number of likely N-dealkylation sites (tertiary alicyclic amines) is 1. The van der Waals surface area contributed by atoms with Crippen molar-refractivity contribution in [2.75, 3.05) is 53.1 Å². The molecule has 4 rings (SSSR count). The highest BCUT2D eigenvalue weighted by molar-refractivity contribution is 6.30. The summed E-state index contributed by atoms with van der Waals surface area (Å²) in [5.74, 6) is -0.968. The summed E-state index contributed by atoms with van der Waals surface area (Å²) in [6.07, 6.45) is 1.28. The van der Waals surface area contributed by atoms with Gasteiger partial charge in [-0.2, -0.15) is 0 Å². The van der Waals surface area contributed by atoms with Crippen LogP contribution in [0.2, 0.25) is 5.02 Å². The third-order valence-corrected chi connectivity index (χ3v) is 8.94. The molecule has 12 nitrogen and oxygen atoms in total. The number of piperidine rings is 1. The van der Waals surface area contributed by atoms with Crippen molar-refractivity contribution in [3.63, 3.8) is 0 Å². The Kier molecular flexibility index (Phi) is 12.1. The van der Waals surface area contributed by atoms with E-state index in [4.69, 9.17) is 21.1 Å². The first-order valence-corrected chi connectivity index (χ1v) is 16.6. The van der Waals surface area contributed by atoms with Crippen LogP contribution in [0.25, 0.3) is 5.69 Å². The first kappa shape index (κ1) is 35.6. The Morgan fingerprint density at radius 3 is 2.50 bits per heavy atom. The van der Waals surface area contributed by atoms with E-state index < -0.39 is 29.5 Å². The molecule has 2 aliphatic rings. The molecule has 3 heterocycles. The van der Waals surface area contributed by atoms with Crippen LogP contribution in [0.4, 0.5) is 4.79 Å². The zero-order valence-corrected chi connectivity index (χ0v) is 28.7. The van der Waals surface area contributed by atoms with Gasteiger partial charge in [-0.3, -0.25) is 9.59 Å². The Hall–Kier alpha value is -3.22. The maximum atomic E-state index is 14.8. The Labute approximate surface area is 276 Å². The lowest BCUT2D eigenvalue weighted by molar-refractivity contribution is -0.144. The maximum absolute atomic E-state index is 14.8. The van der Waals surface area contributed by atoms with Crippen LogP contribution in [0.15, 0.2) is 24.3 Å². The number of hydrogen-bond donors (Lipinski definition) is 1. The van der Waals surface area contributed by atoms with Gasteiger partial charge in [0.25, 0.3) is 5.91 Å². The number of benzene rings is 1. The number of carboxylic acid groups (broad SMARTS) is 1. The third-order valence-electron chi connectivity index (χ3n) is 8.70. The molecule has 0 aliphatic carbocycles. The van der Waals surface area contributed by atoms with E-state index in [0.29, 0.717) is 68.7 Å². The Bertz CT molecular complexity index is 1350. The second kappa shape index (κ2) is 15.6. The largest absolute Gasteiger partial charge is 0.465 e. The number of hydrogen-bond acceptors (Lipinski definition) is 7. The van der Waals surface area contributed by atoms with E-state index in [2.05, 4.69) is 10.3 Å². The van der Waals surface area contributed by atoms with Gasteiger partial charge in [-0.1, -0.05) is 57.5 Å². The van der Waals surface area contributed by atoms with Crippen molar-refractivity contribution < 1.29 is 29.0 Å². The van der Waals surface area contributed by atoms with Crippen LogP contribution < -0.4 is 0 Å². The van der Waals surface area contributed by atoms with Gasteiger partial charge < -0.3 is 29.3 Å². The molecule has 46 heavy (non-hydrogen) atoms. The van der Waals surface area contributed by atoms with Crippen molar-refractivity contribution >= 4 is 29.5 Å². The van der Waals surface area contributed by atoms with Crippen LogP contribution in [0.5, 0.6) is 0 Å². The number of halogens is 1. The average molecular weight is 661 g/mol. The van der Waals surface area contributed by atoms with E-state index in [-0.39, 0.29) is 30.0 Å². The fourth-order valence-corrected chi connectivity index (χ4v) is 6.94. The predicted octanol–water partition coefficient (Wildman–Crippen LogP) is 4.63. The number of aromatic nitrogens is 3.